The summed E-state index contributed by atoms with van der Waals surface area (Å²) < 4.78 is 5.43. The van der Waals surface area contributed by atoms with E-state index in [2.05, 4.69) is 21.1 Å². The van der Waals surface area contributed by atoms with Gasteiger partial charge in [-0.2, -0.15) is 0 Å². The first-order valence-electron chi connectivity index (χ1n) is 4.97. The summed E-state index contributed by atoms with van der Waals surface area (Å²) in [5.74, 6) is -0.679. The third kappa shape index (κ3) is 2.10. The number of halogens is 1. The van der Waals surface area contributed by atoms with Crippen LogP contribution in [0.1, 0.15) is 21.6 Å². The summed E-state index contributed by atoms with van der Waals surface area (Å²) in [6.07, 6.45) is 0. The molecule has 0 atom stereocenters. The Morgan fingerprint density at radius 2 is 2.06 bits per heavy atom. The molecule has 88 valence electrons. The summed E-state index contributed by atoms with van der Waals surface area (Å²) in [5, 5.41) is 12.4. The lowest BCUT2D eigenvalue weighted by Crippen LogP contribution is -1.96. The Morgan fingerprint density at radius 3 is 2.59 bits per heavy atom. The lowest BCUT2D eigenvalue weighted by Gasteiger charge is -2.02. The van der Waals surface area contributed by atoms with Crippen molar-refractivity contribution >= 4 is 21.9 Å². The Labute approximate surface area is 106 Å². The number of rotatable bonds is 2. The standard InChI is InChI=1S/C12H10BrNO3/c1-6-3-4-8(5-7(6)2)11-9(13)10(12(15)16)14-17-11/h3-5H,1-2H3,(H,15,16). The van der Waals surface area contributed by atoms with E-state index in [0.717, 1.165) is 11.1 Å². The van der Waals surface area contributed by atoms with Crippen molar-refractivity contribution in [3.63, 3.8) is 0 Å². The number of aromatic nitrogens is 1. The highest BCUT2D eigenvalue weighted by molar-refractivity contribution is 9.10. The topological polar surface area (TPSA) is 63.3 Å². The molecule has 0 unspecified atom stereocenters. The molecule has 0 aliphatic heterocycles. The van der Waals surface area contributed by atoms with Crippen LogP contribution in [0.25, 0.3) is 11.3 Å². The molecule has 0 aliphatic rings. The van der Waals surface area contributed by atoms with Gasteiger partial charge < -0.3 is 9.63 Å². The quantitative estimate of drug-likeness (QED) is 0.922. The highest BCUT2D eigenvalue weighted by Gasteiger charge is 2.20. The van der Waals surface area contributed by atoms with Crippen molar-refractivity contribution in [2.24, 2.45) is 0 Å². The number of carboxylic acids is 1. The third-order valence-corrected chi connectivity index (χ3v) is 3.34. The lowest BCUT2D eigenvalue weighted by atomic mass is 10.0. The SMILES string of the molecule is Cc1ccc(-c2onc(C(=O)O)c2Br)cc1C. The van der Waals surface area contributed by atoms with Crippen molar-refractivity contribution < 1.29 is 14.4 Å². The van der Waals surface area contributed by atoms with Crippen LogP contribution in [-0.2, 0) is 0 Å². The Kier molecular flexibility index (Phi) is 3.02. The second-order valence-electron chi connectivity index (χ2n) is 3.78. The fraction of sp³-hybridized carbons (Fsp3) is 0.167. The third-order valence-electron chi connectivity index (χ3n) is 2.61. The average Bonchev–Trinajstić information content (AvgIpc) is 2.64. The van der Waals surface area contributed by atoms with Crippen molar-refractivity contribution in [3.8, 4) is 11.3 Å². The number of hydrogen-bond donors (Lipinski definition) is 1. The van der Waals surface area contributed by atoms with Crippen LogP contribution in [-0.4, -0.2) is 16.2 Å². The normalized spacial score (nSPS) is 10.5. The van der Waals surface area contributed by atoms with Crippen molar-refractivity contribution in [1.82, 2.24) is 5.16 Å². The molecule has 1 aromatic carbocycles. The van der Waals surface area contributed by atoms with E-state index in [9.17, 15) is 4.79 Å². The first-order chi connectivity index (χ1) is 8.00. The average molecular weight is 296 g/mol. The van der Waals surface area contributed by atoms with Gasteiger partial charge in [-0.1, -0.05) is 17.3 Å². The van der Waals surface area contributed by atoms with Gasteiger partial charge in [-0.05, 0) is 47.0 Å². The summed E-state index contributed by atoms with van der Waals surface area (Å²) in [7, 11) is 0. The molecule has 1 heterocycles. The van der Waals surface area contributed by atoms with Crippen molar-refractivity contribution in [1.29, 1.82) is 0 Å². The number of benzene rings is 1. The van der Waals surface area contributed by atoms with Gasteiger partial charge in [-0.3, -0.25) is 0 Å². The highest BCUT2D eigenvalue weighted by atomic mass is 79.9. The molecule has 2 aromatic rings. The maximum Gasteiger partial charge on any atom is 0.359 e. The van der Waals surface area contributed by atoms with E-state index in [0.29, 0.717) is 10.2 Å². The van der Waals surface area contributed by atoms with Gasteiger partial charge in [0.15, 0.2) is 5.76 Å². The van der Waals surface area contributed by atoms with E-state index in [1.54, 1.807) is 0 Å². The van der Waals surface area contributed by atoms with Crippen LogP contribution >= 0.6 is 15.9 Å². The van der Waals surface area contributed by atoms with Crippen LogP contribution in [0.15, 0.2) is 27.2 Å². The Bertz CT molecular complexity index is 589. The van der Waals surface area contributed by atoms with Crippen molar-refractivity contribution in [3.05, 3.63) is 39.5 Å². The molecule has 0 radical (unpaired) electrons. The minimum Gasteiger partial charge on any atom is -0.476 e. The number of hydrogen-bond acceptors (Lipinski definition) is 3. The molecule has 0 bridgehead atoms. The predicted octanol–water partition coefficient (Wildman–Crippen LogP) is 3.42. The summed E-state index contributed by atoms with van der Waals surface area (Å²) >= 11 is 3.19. The summed E-state index contributed by atoms with van der Waals surface area (Å²) in [6.45, 7) is 4.00. The van der Waals surface area contributed by atoms with E-state index in [1.807, 2.05) is 32.0 Å². The monoisotopic (exact) mass is 295 g/mol. The molecule has 2 rings (SSSR count). The van der Waals surface area contributed by atoms with Crippen LogP contribution in [0.3, 0.4) is 0 Å². The maximum atomic E-state index is 10.8. The number of aryl methyl sites for hydroxylation is 2. The molecular weight excluding hydrogens is 286 g/mol. The molecule has 1 N–H and O–H groups in total. The fourth-order valence-corrected chi connectivity index (χ4v) is 2.02. The van der Waals surface area contributed by atoms with Crippen molar-refractivity contribution in [2.45, 2.75) is 13.8 Å². The van der Waals surface area contributed by atoms with Crippen LogP contribution in [0.4, 0.5) is 0 Å². The van der Waals surface area contributed by atoms with E-state index < -0.39 is 5.97 Å². The summed E-state index contributed by atoms with van der Waals surface area (Å²) in [6, 6.07) is 5.77. The Morgan fingerprint density at radius 1 is 1.35 bits per heavy atom. The van der Waals surface area contributed by atoms with E-state index >= 15 is 0 Å². The highest BCUT2D eigenvalue weighted by Crippen LogP contribution is 2.32. The zero-order valence-corrected chi connectivity index (χ0v) is 10.9. The zero-order valence-electron chi connectivity index (χ0n) is 9.32. The van der Waals surface area contributed by atoms with Gasteiger partial charge in [0.05, 0.1) is 0 Å². The molecule has 0 saturated heterocycles. The Balaban J connectivity index is 2.53. The molecule has 0 aliphatic carbocycles. The van der Waals surface area contributed by atoms with E-state index in [1.165, 1.54) is 5.56 Å². The molecule has 0 fully saturated rings. The first kappa shape index (κ1) is 11.9. The molecule has 0 amide bonds. The number of nitrogens with zero attached hydrogens (tertiary/aromatic N) is 1. The minimum absolute atomic E-state index is 0.113. The predicted molar refractivity (Wildman–Crippen MR) is 66.1 cm³/mol. The molecule has 4 nitrogen and oxygen atoms in total. The van der Waals surface area contributed by atoms with E-state index in [4.69, 9.17) is 9.63 Å². The summed E-state index contributed by atoms with van der Waals surface area (Å²) in [4.78, 5) is 10.8. The fourth-order valence-electron chi connectivity index (χ4n) is 1.47. The molecule has 1 aromatic heterocycles. The smallest absolute Gasteiger partial charge is 0.359 e. The molecule has 5 heteroatoms. The lowest BCUT2D eigenvalue weighted by molar-refractivity contribution is 0.0685. The second-order valence-corrected chi connectivity index (χ2v) is 4.57. The molecule has 0 saturated carbocycles. The van der Waals surface area contributed by atoms with Crippen LogP contribution < -0.4 is 0 Å². The largest absolute Gasteiger partial charge is 0.476 e. The number of carboxylic acid groups (broad SMARTS) is 1. The van der Waals surface area contributed by atoms with Gasteiger partial charge in [0.1, 0.15) is 4.47 Å². The van der Waals surface area contributed by atoms with Crippen molar-refractivity contribution in [2.75, 3.05) is 0 Å². The van der Waals surface area contributed by atoms with Gasteiger partial charge >= 0.3 is 5.97 Å². The van der Waals surface area contributed by atoms with E-state index in [-0.39, 0.29) is 5.69 Å². The second kappa shape index (κ2) is 4.33. The van der Waals surface area contributed by atoms with Crippen LogP contribution in [0.2, 0.25) is 0 Å². The molecule has 0 spiro atoms. The van der Waals surface area contributed by atoms with Crippen LogP contribution in [0, 0.1) is 13.8 Å². The maximum absolute atomic E-state index is 10.8. The zero-order chi connectivity index (χ0) is 12.6. The van der Waals surface area contributed by atoms with Gasteiger partial charge in [-0.15, -0.1) is 0 Å². The van der Waals surface area contributed by atoms with Gasteiger partial charge in [0, 0.05) is 5.56 Å². The van der Waals surface area contributed by atoms with Crippen LogP contribution in [0.5, 0.6) is 0 Å². The molecular formula is C12H10BrNO3. The molecule has 17 heavy (non-hydrogen) atoms. The minimum atomic E-state index is -1.12. The number of aromatic carboxylic acids is 1. The van der Waals surface area contributed by atoms with Gasteiger partial charge in [0.2, 0.25) is 5.69 Å². The Hall–Kier alpha value is -1.62. The van der Waals surface area contributed by atoms with Gasteiger partial charge in [0.25, 0.3) is 0 Å². The van der Waals surface area contributed by atoms with Gasteiger partial charge in [-0.25, -0.2) is 4.79 Å². The summed E-state index contributed by atoms with van der Waals surface area (Å²) in [5.41, 5.74) is 2.98. The number of carbonyl (C=O) groups is 1. The first-order valence-corrected chi connectivity index (χ1v) is 5.76.